The van der Waals surface area contributed by atoms with Gasteiger partial charge in [0.25, 0.3) is 5.91 Å². The molecule has 0 radical (unpaired) electrons. The number of hydrogen-bond donors (Lipinski definition) is 0. The van der Waals surface area contributed by atoms with E-state index in [-0.39, 0.29) is 36.0 Å². The van der Waals surface area contributed by atoms with Gasteiger partial charge >= 0.3 is 11.9 Å². The zero-order valence-electron chi connectivity index (χ0n) is 17.3. The van der Waals surface area contributed by atoms with E-state index in [0.717, 1.165) is 11.8 Å². The zero-order chi connectivity index (χ0) is 22.1. The Labute approximate surface area is 176 Å². The van der Waals surface area contributed by atoms with Crippen molar-refractivity contribution in [1.29, 1.82) is 0 Å². The predicted octanol–water partition coefficient (Wildman–Crippen LogP) is 0.966. The normalized spacial score (nSPS) is 19.4. The minimum Gasteiger partial charge on any atom is -0.469 e. The Morgan fingerprint density at radius 3 is 2.43 bits per heavy atom. The molecule has 1 aromatic carbocycles. The molecule has 2 aliphatic heterocycles. The fourth-order valence-electron chi connectivity index (χ4n) is 4.07. The molecule has 0 aromatic heterocycles. The van der Waals surface area contributed by atoms with Crippen molar-refractivity contribution in [3.05, 3.63) is 29.3 Å². The number of rotatable bonds is 5. The van der Waals surface area contributed by atoms with Crippen LogP contribution in [0, 0.1) is 5.92 Å². The van der Waals surface area contributed by atoms with Gasteiger partial charge in [0, 0.05) is 19.1 Å². The van der Waals surface area contributed by atoms with Gasteiger partial charge in [-0.2, -0.15) is 0 Å². The first-order chi connectivity index (χ1) is 14.1. The van der Waals surface area contributed by atoms with Crippen LogP contribution in [-0.4, -0.2) is 70.3 Å². The van der Waals surface area contributed by atoms with Gasteiger partial charge in [0.2, 0.25) is 10.0 Å². The van der Waals surface area contributed by atoms with Crippen molar-refractivity contribution >= 4 is 33.6 Å². The molecule has 164 valence electrons. The Morgan fingerprint density at radius 2 is 1.83 bits per heavy atom. The van der Waals surface area contributed by atoms with Gasteiger partial charge in [-0.25, -0.2) is 13.2 Å². The molecule has 2 heterocycles. The number of fused-ring (bicyclic) bond motifs is 1. The predicted molar refractivity (Wildman–Crippen MR) is 109 cm³/mol. The lowest BCUT2D eigenvalue weighted by molar-refractivity contribution is -0.149. The van der Waals surface area contributed by atoms with Crippen LogP contribution >= 0.6 is 0 Å². The van der Waals surface area contributed by atoms with Crippen molar-refractivity contribution in [3.8, 4) is 0 Å². The lowest BCUT2D eigenvalue weighted by Gasteiger charge is -2.30. The Morgan fingerprint density at radius 1 is 1.17 bits per heavy atom. The van der Waals surface area contributed by atoms with Crippen LogP contribution in [0.15, 0.2) is 18.2 Å². The number of methoxy groups -OCH3 is 1. The maximum atomic E-state index is 12.4. The van der Waals surface area contributed by atoms with E-state index in [1.807, 2.05) is 0 Å². The van der Waals surface area contributed by atoms with Gasteiger partial charge in [-0.15, -0.1) is 0 Å². The number of esters is 2. The monoisotopic (exact) mass is 438 g/mol. The number of benzene rings is 1. The molecule has 10 heteroatoms. The molecule has 0 aliphatic carbocycles. The number of piperidine rings is 1. The highest BCUT2D eigenvalue weighted by atomic mass is 32.2. The van der Waals surface area contributed by atoms with Crippen LogP contribution in [0.25, 0.3) is 0 Å². The summed E-state index contributed by atoms with van der Waals surface area (Å²) < 4.78 is 35.2. The second-order valence-corrected chi connectivity index (χ2v) is 9.57. The van der Waals surface area contributed by atoms with Gasteiger partial charge in [-0.3, -0.25) is 13.9 Å². The summed E-state index contributed by atoms with van der Waals surface area (Å²) in [4.78, 5) is 37.8. The van der Waals surface area contributed by atoms with E-state index in [4.69, 9.17) is 9.47 Å². The summed E-state index contributed by atoms with van der Waals surface area (Å²) in [7, 11) is -2.06. The quantitative estimate of drug-likeness (QED) is 0.630. The molecule has 1 amide bonds. The van der Waals surface area contributed by atoms with Crippen LogP contribution in [0.5, 0.6) is 0 Å². The third kappa shape index (κ3) is 4.58. The topological polar surface area (TPSA) is 110 Å². The maximum absolute atomic E-state index is 12.4. The van der Waals surface area contributed by atoms with Crippen LogP contribution in [0.3, 0.4) is 0 Å². The fraction of sp³-hybridized carbons (Fsp3) is 0.550. The van der Waals surface area contributed by atoms with Crippen LogP contribution < -0.4 is 4.31 Å². The average Bonchev–Trinajstić information content (AvgIpc) is 3.06. The molecule has 3 rings (SSSR count). The molecular weight excluding hydrogens is 412 g/mol. The largest absolute Gasteiger partial charge is 0.469 e. The Balaban J connectivity index is 1.57. The minimum absolute atomic E-state index is 0.207. The summed E-state index contributed by atoms with van der Waals surface area (Å²) in [6, 6.07) is 4.49. The Kier molecular flexibility index (Phi) is 6.35. The molecular formula is C20H26N2O7S. The van der Waals surface area contributed by atoms with Gasteiger partial charge in [-0.1, -0.05) is 0 Å². The Hall–Kier alpha value is -2.62. The van der Waals surface area contributed by atoms with Crippen molar-refractivity contribution in [2.75, 3.05) is 37.4 Å². The highest BCUT2D eigenvalue weighted by Crippen LogP contribution is 2.34. The number of sulfonamides is 1. The number of ether oxygens (including phenoxy) is 2. The molecule has 1 unspecified atom stereocenters. The van der Waals surface area contributed by atoms with E-state index in [9.17, 15) is 22.8 Å². The minimum atomic E-state index is -3.41. The third-order valence-corrected chi connectivity index (χ3v) is 6.81. The third-order valence-electron chi connectivity index (χ3n) is 5.53. The van der Waals surface area contributed by atoms with Crippen LogP contribution in [0.1, 0.15) is 35.7 Å². The number of amides is 1. The number of likely N-dealkylation sites (tertiary alicyclic amines) is 1. The molecule has 9 nitrogen and oxygen atoms in total. The lowest BCUT2D eigenvalue weighted by atomic mass is 9.97. The fourth-order valence-corrected chi connectivity index (χ4v) is 5.33. The highest BCUT2D eigenvalue weighted by Gasteiger charge is 2.33. The molecule has 1 saturated heterocycles. The molecule has 1 atom stereocenters. The molecule has 1 aromatic rings. The van der Waals surface area contributed by atoms with Crippen molar-refractivity contribution in [2.45, 2.75) is 32.2 Å². The molecule has 0 spiro atoms. The molecule has 0 saturated carbocycles. The summed E-state index contributed by atoms with van der Waals surface area (Å²) in [6.45, 7) is 2.24. The average molecular weight is 439 g/mol. The van der Waals surface area contributed by atoms with Crippen molar-refractivity contribution in [1.82, 2.24) is 4.90 Å². The van der Waals surface area contributed by atoms with Gasteiger partial charge in [0.15, 0.2) is 6.61 Å². The number of carbonyl (C=O) groups is 3. The Bertz CT molecular complexity index is 952. The number of hydrogen-bond acceptors (Lipinski definition) is 7. The number of anilines is 1. The van der Waals surface area contributed by atoms with Crippen LogP contribution in [-0.2, 0) is 35.5 Å². The second-order valence-electron chi connectivity index (χ2n) is 7.71. The zero-order valence-corrected chi connectivity index (χ0v) is 18.1. The number of nitrogens with zero attached hydrogens (tertiary/aromatic N) is 2. The summed E-state index contributed by atoms with van der Waals surface area (Å²) in [5.41, 5.74) is 1.58. The maximum Gasteiger partial charge on any atom is 0.338 e. The van der Waals surface area contributed by atoms with Crippen LogP contribution in [0.4, 0.5) is 5.69 Å². The standard InChI is InChI=1S/C20H26N2O7S/c1-13-10-16-11-15(4-5-17(16)22(13)30(3,26)27)20(25)29-12-18(23)21-8-6-14(7-9-21)19(24)28-2/h4-5,11,13-14H,6-10,12H2,1-3H3. The van der Waals surface area contributed by atoms with E-state index >= 15 is 0 Å². The van der Waals surface area contributed by atoms with Crippen LogP contribution in [0.2, 0.25) is 0 Å². The SMILES string of the molecule is COC(=O)C1CCN(C(=O)COC(=O)c2ccc3c(c2)CC(C)N3S(C)(=O)=O)CC1. The summed E-state index contributed by atoms with van der Waals surface area (Å²) >= 11 is 0. The highest BCUT2D eigenvalue weighted by molar-refractivity contribution is 7.92. The molecule has 0 bridgehead atoms. The van der Waals surface area contributed by atoms with Crippen molar-refractivity contribution in [2.24, 2.45) is 5.92 Å². The molecule has 0 N–H and O–H groups in total. The van der Waals surface area contributed by atoms with Gasteiger partial charge in [0.1, 0.15) is 0 Å². The summed E-state index contributed by atoms with van der Waals surface area (Å²) in [6.07, 6.45) is 2.69. The van der Waals surface area contributed by atoms with Gasteiger partial charge in [0.05, 0.1) is 30.5 Å². The first kappa shape index (κ1) is 22.1. The summed E-state index contributed by atoms with van der Waals surface area (Å²) in [5.74, 6) is -1.43. The van der Waals surface area contributed by atoms with E-state index in [0.29, 0.717) is 38.0 Å². The number of carbonyl (C=O) groups excluding carboxylic acids is 3. The lowest BCUT2D eigenvalue weighted by Crippen LogP contribution is -2.42. The molecule has 1 fully saturated rings. The van der Waals surface area contributed by atoms with Crippen molar-refractivity contribution in [3.63, 3.8) is 0 Å². The van der Waals surface area contributed by atoms with Gasteiger partial charge < -0.3 is 14.4 Å². The van der Waals surface area contributed by atoms with E-state index in [2.05, 4.69) is 0 Å². The van der Waals surface area contributed by atoms with Gasteiger partial charge in [-0.05, 0) is 49.9 Å². The smallest absolute Gasteiger partial charge is 0.338 e. The van der Waals surface area contributed by atoms with E-state index in [1.165, 1.54) is 17.5 Å². The molecule has 2 aliphatic rings. The first-order valence-electron chi connectivity index (χ1n) is 9.77. The van der Waals surface area contributed by atoms with E-state index < -0.39 is 16.0 Å². The van der Waals surface area contributed by atoms with E-state index in [1.54, 1.807) is 24.0 Å². The molecule has 30 heavy (non-hydrogen) atoms. The second kappa shape index (κ2) is 8.63. The first-order valence-corrected chi connectivity index (χ1v) is 11.6. The summed E-state index contributed by atoms with van der Waals surface area (Å²) in [5, 5.41) is 0. The van der Waals surface area contributed by atoms with Crippen molar-refractivity contribution < 1.29 is 32.3 Å².